The Labute approximate surface area is 117 Å². The number of aromatic amines is 1. The molecule has 0 amide bonds. The lowest BCUT2D eigenvalue weighted by Crippen LogP contribution is -2.34. The molecule has 104 valence electrons. The fourth-order valence-corrected chi connectivity index (χ4v) is 2.34. The van der Waals surface area contributed by atoms with Gasteiger partial charge >= 0.3 is 0 Å². The van der Waals surface area contributed by atoms with E-state index in [0.29, 0.717) is 36.0 Å². The van der Waals surface area contributed by atoms with Crippen LogP contribution in [0.1, 0.15) is 25.1 Å². The van der Waals surface area contributed by atoms with Crippen molar-refractivity contribution in [3.63, 3.8) is 0 Å². The average Bonchev–Trinajstić information content (AvgIpc) is 2.39. The van der Waals surface area contributed by atoms with Gasteiger partial charge in [0.25, 0.3) is 5.56 Å². The molecule has 0 spiro atoms. The Bertz CT molecular complexity index is 719. The van der Waals surface area contributed by atoms with Gasteiger partial charge in [0.2, 0.25) is 5.88 Å². The van der Waals surface area contributed by atoms with Gasteiger partial charge in [-0.2, -0.15) is 4.98 Å². The molecule has 3 heterocycles. The van der Waals surface area contributed by atoms with E-state index in [1.807, 2.05) is 25.1 Å². The van der Waals surface area contributed by atoms with Gasteiger partial charge in [-0.15, -0.1) is 0 Å². The van der Waals surface area contributed by atoms with Crippen LogP contribution in [0, 0.1) is 12.3 Å². The van der Waals surface area contributed by atoms with E-state index >= 15 is 0 Å². The average molecular weight is 271 g/mol. The minimum atomic E-state index is -0.138. The maximum Gasteiger partial charge on any atom is 0.258 e. The number of aryl methyl sites for hydroxylation is 1. The Balaban J connectivity index is 2.09. The molecule has 1 aliphatic heterocycles. The molecule has 0 aliphatic carbocycles. The van der Waals surface area contributed by atoms with Crippen LogP contribution in [0.4, 0.5) is 0 Å². The van der Waals surface area contributed by atoms with Crippen molar-refractivity contribution in [2.24, 2.45) is 5.41 Å². The summed E-state index contributed by atoms with van der Waals surface area (Å²) >= 11 is 0. The van der Waals surface area contributed by atoms with Gasteiger partial charge in [-0.25, -0.2) is 4.98 Å². The van der Waals surface area contributed by atoms with Gasteiger partial charge in [-0.3, -0.25) is 4.79 Å². The summed E-state index contributed by atoms with van der Waals surface area (Å²) < 4.78 is 5.65. The molecule has 0 unspecified atom stereocenters. The molecule has 5 heteroatoms. The molecule has 0 bridgehead atoms. The van der Waals surface area contributed by atoms with Crippen LogP contribution in [-0.2, 0) is 6.42 Å². The molecule has 0 saturated carbocycles. The molecule has 5 nitrogen and oxygen atoms in total. The lowest BCUT2D eigenvalue weighted by atomic mass is 9.86. The summed E-state index contributed by atoms with van der Waals surface area (Å²) in [4.78, 5) is 23.8. The number of hydrogen-bond acceptors (Lipinski definition) is 4. The van der Waals surface area contributed by atoms with Crippen molar-refractivity contribution < 1.29 is 4.74 Å². The van der Waals surface area contributed by atoms with Gasteiger partial charge in [-0.05, 0) is 25.5 Å². The van der Waals surface area contributed by atoms with Crippen LogP contribution in [0.5, 0.6) is 5.88 Å². The highest BCUT2D eigenvalue weighted by atomic mass is 16.5. The smallest absolute Gasteiger partial charge is 0.258 e. The molecule has 20 heavy (non-hydrogen) atoms. The zero-order valence-electron chi connectivity index (χ0n) is 11.9. The number of ether oxygens (including phenoxy) is 1. The van der Waals surface area contributed by atoms with Crippen molar-refractivity contribution >= 4 is 0 Å². The zero-order chi connectivity index (χ0) is 14.3. The first-order valence-electron chi connectivity index (χ1n) is 6.65. The SMILES string of the molecule is Cc1cccc(-c2nc3c(c(=O)[nH]2)CC(C)(C)CO3)n1. The predicted octanol–water partition coefficient (Wildman–Crippen LogP) is 2.10. The van der Waals surface area contributed by atoms with Crippen LogP contribution in [0.15, 0.2) is 23.0 Å². The van der Waals surface area contributed by atoms with Crippen LogP contribution in [0.2, 0.25) is 0 Å². The first kappa shape index (κ1) is 12.8. The number of H-pyrrole nitrogens is 1. The largest absolute Gasteiger partial charge is 0.477 e. The fourth-order valence-electron chi connectivity index (χ4n) is 2.34. The second kappa shape index (κ2) is 4.44. The minimum absolute atomic E-state index is 0.0369. The molecule has 0 radical (unpaired) electrons. The maximum absolute atomic E-state index is 12.2. The Morgan fingerprint density at radius 3 is 2.85 bits per heavy atom. The number of rotatable bonds is 1. The van der Waals surface area contributed by atoms with E-state index < -0.39 is 0 Å². The van der Waals surface area contributed by atoms with Crippen molar-refractivity contribution in [2.75, 3.05) is 6.61 Å². The number of aromatic nitrogens is 3. The number of pyridine rings is 1. The van der Waals surface area contributed by atoms with E-state index in [2.05, 4.69) is 28.8 Å². The number of nitrogens with one attached hydrogen (secondary N) is 1. The van der Waals surface area contributed by atoms with Gasteiger partial charge in [0.05, 0.1) is 12.2 Å². The predicted molar refractivity (Wildman–Crippen MR) is 75.8 cm³/mol. The van der Waals surface area contributed by atoms with Crippen LogP contribution in [-0.4, -0.2) is 21.6 Å². The first-order chi connectivity index (χ1) is 9.44. The van der Waals surface area contributed by atoms with Crippen molar-refractivity contribution in [1.29, 1.82) is 0 Å². The maximum atomic E-state index is 12.2. The molecule has 0 saturated heterocycles. The van der Waals surface area contributed by atoms with E-state index in [4.69, 9.17) is 4.74 Å². The number of fused-ring (bicyclic) bond motifs is 1. The van der Waals surface area contributed by atoms with Crippen molar-refractivity contribution in [3.05, 3.63) is 39.8 Å². The van der Waals surface area contributed by atoms with Gasteiger partial charge < -0.3 is 9.72 Å². The fraction of sp³-hybridized carbons (Fsp3) is 0.400. The van der Waals surface area contributed by atoms with E-state index in [0.717, 1.165) is 5.69 Å². The summed E-state index contributed by atoms with van der Waals surface area (Å²) in [5.41, 5.74) is 1.98. The van der Waals surface area contributed by atoms with Crippen LogP contribution in [0.25, 0.3) is 11.5 Å². The van der Waals surface area contributed by atoms with E-state index in [1.165, 1.54) is 0 Å². The molecule has 1 aliphatic rings. The summed E-state index contributed by atoms with van der Waals surface area (Å²) in [7, 11) is 0. The standard InChI is InChI=1S/C15H17N3O2/c1-9-5-4-6-11(16-9)12-17-13(19)10-7-15(2,3)8-20-14(10)18-12/h4-6H,7-8H2,1-3H3,(H,17,18,19). The van der Waals surface area contributed by atoms with Crippen LogP contribution < -0.4 is 10.3 Å². The Morgan fingerprint density at radius 2 is 2.10 bits per heavy atom. The lowest BCUT2D eigenvalue weighted by molar-refractivity contribution is 0.147. The summed E-state index contributed by atoms with van der Waals surface area (Å²) in [5.74, 6) is 0.892. The molecule has 2 aromatic rings. The minimum Gasteiger partial charge on any atom is -0.477 e. The van der Waals surface area contributed by atoms with Gasteiger partial charge in [0, 0.05) is 11.1 Å². The third-order valence-corrected chi connectivity index (χ3v) is 3.36. The molecular formula is C15H17N3O2. The van der Waals surface area contributed by atoms with E-state index in [1.54, 1.807) is 0 Å². The molecule has 0 atom stereocenters. The summed E-state index contributed by atoms with van der Waals surface area (Å²) in [6.07, 6.45) is 0.673. The molecular weight excluding hydrogens is 254 g/mol. The first-order valence-corrected chi connectivity index (χ1v) is 6.65. The van der Waals surface area contributed by atoms with Gasteiger partial charge in [0.1, 0.15) is 5.69 Å². The van der Waals surface area contributed by atoms with E-state index in [9.17, 15) is 4.79 Å². The third kappa shape index (κ3) is 2.31. The summed E-state index contributed by atoms with van der Waals surface area (Å²) in [6, 6.07) is 5.62. The Kier molecular flexibility index (Phi) is 2.85. The van der Waals surface area contributed by atoms with Crippen molar-refractivity contribution in [2.45, 2.75) is 27.2 Å². The quantitative estimate of drug-likeness (QED) is 0.862. The van der Waals surface area contributed by atoms with Gasteiger partial charge in [-0.1, -0.05) is 19.9 Å². The highest BCUT2D eigenvalue weighted by Crippen LogP contribution is 2.31. The van der Waals surface area contributed by atoms with Crippen LogP contribution in [0.3, 0.4) is 0 Å². The van der Waals surface area contributed by atoms with E-state index in [-0.39, 0.29) is 11.0 Å². The highest BCUT2D eigenvalue weighted by molar-refractivity contribution is 5.50. The second-order valence-electron chi connectivity index (χ2n) is 5.99. The Hall–Kier alpha value is -2.17. The second-order valence-corrected chi connectivity index (χ2v) is 5.99. The highest BCUT2D eigenvalue weighted by Gasteiger charge is 2.30. The topological polar surface area (TPSA) is 67.9 Å². The normalized spacial score (nSPS) is 16.4. The van der Waals surface area contributed by atoms with Crippen LogP contribution >= 0.6 is 0 Å². The summed E-state index contributed by atoms with van der Waals surface area (Å²) in [5, 5.41) is 0. The Morgan fingerprint density at radius 1 is 1.30 bits per heavy atom. The zero-order valence-corrected chi connectivity index (χ0v) is 11.9. The molecule has 0 aromatic carbocycles. The van der Waals surface area contributed by atoms with Crippen molar-refractivity contribution in [3.8, 4) is 17.4 Å². The molecule has 2 aromatic heterocycles. The van der Waals surface area contributed by atoms with Crippen molar-refractivity contribution in [1.82, 2.24) is 15.0 Å². The van der Waals surface area contributed by atoms with Gasteiger partial charge in [0.15, 0.2) is 5.82 Å². The lowest BCUT2D eigenvalue weighted by Gasteiger charge is -2.29. The third-order valence-electron chi connectivity index (χ3n) is 3.36. The summed E-state index contributed by atoms with van der Waals surface area (Å²) in [6.45, 7) is 6.62. The number of nitrogens with zero attached hydrogens (tertiary/aromatic N) is 2. The number of hydrogen-bond donors (Lipinski definition) is 1. The molecule has 3 rings (SSSR count). The molecule has 0 fully saturated rings. The monoisotopic (exact) mass is 271 g/mol. The molecule has 1 N–H and O–H groups in total.